The summed E-state index contributed by atoms with van der Waals surface area (Å²) >= 11 is 0. The van der Waals surface area contributed by atoms with Crippen LogP contribution in [0.25, 0.3) is 0 Å². The van der Waals surface area contributed by atoms with E-state index in [1.165, 1.54) is 0 Å². The first-order valence-electron chi connectivity index (χ1n) is 3.96. The Labute approximate surface area is 82.8 Å². The van der Waals surface area contributed by atoms with Crippen LogP contribution >= 0.6 is 0 Å². The molecule has 14 heavy (non-hydrogen) atoms. The van der Waals surface area contributed by atoms with Gasteiger partial charge in [-0.2, -0.15) is 0 Å². The van der Waals surface area contributed by atoms with E-state index in [9.17, 15) is 4.79 Å². The van der Waals surface area contributed by atoms with Crippen molar-refractivity contribution in [3.63, 3.8) is 0 Å². The van der Waals surface area contributed by atoms with Crippen LogP contribution in [0.5, 0.6) is 0 Å². The minimum atomic E-state index is 0.542. The maximum atomic E-state index is 10.3. The van der Waals surface area contributed by atoms with Crippen LogP contribution < -0.4 is 5.73 Å². The molecule has 0 radical (unpaired) electrons. The van der Waals surface area contributed by atoms with Crippen LogP contribution in [0.1, 0.15) is 15.9 Å². The number of rotatable bonds is 2. The summed E-state index contributed by atoms with van der Waals surface area (Å²) in [4.78, 5) is 10.3. The first-order chi connectivity index (χ1) is 6.65. The Morgan fingerprint density at radius 2 is 1.86 bits per heavy atom. The van der Waals surface area contributed by atoms with E-state index >= 15 is 0 Å². The first-order valence-corrected chi connectivity index (χ1v) is 3.96. The highest BCUT2D eigenvalue weighted by Crippen LogP contribution is 2.10. The quantitative estimate of drug-likeness (QED) is 0.377. The summed E-state index contributed by atoms with van der Waals surface area (Å²) in [6.45, 7) is 1.92. The van der Waals surface area contributed by atoms with Gasteiger partial charge >= 0.3 is 0 Å². The largest absolute Gasteiger partial charge is 0.398 e. The van der Waals surface area contributed by atoms with Crippen LogP contribution in [0.4, 0.5) is 5.69 Å². The number of hydrogen-bond acceptors (Lipinski definition) is 4. The summed E-state index contributed by atoms with van der Waals surface area (Å²) in [6.07, 6.45) is 2.60. The second-order valence-electron chi connectivity index (χ2n) is 2.58. The van der Waals surface area contributed by atoms with E-state index in [2.05, 4.69) is 0 Å². The van der Waals surface area contributed by atoms with Gasteiger partial charge in [-0.1, -0.05) is 11.6 Å². The smallest absolute Gasteiger partial charge is 0.152 e. The number of aldehydes is 1. The molecule has 4 heteroatoms. The lowest BCUT2D eigenvalue weighted by atomic mass is 10.1. The highest BCUT2D eigenvalue weighted by molar-refractivity contribution is 6.12. The molecule has 4 N–H and O–H groups in total. The minimum absolute atomic E-state index is 0.542. The molecule has 1 aromatic carbocycles. The average molecular weight is 191 g/mol. The van der Waals surface area contributed by atoms with E-state index in [-0.39, 0.29) is 0 Å². The third-order valence-electron chi connectivity index (χ3n) is 1.45. The summed E-state index contributed by atoms with van der Waals surface area (Å²) in [7, 11) is 0. The number of anilines is 1. The van der Waals surface area contributed by atoms with Crippen molar-refractivity contribution in [3.8, 4) is 0 Å². The molecule has 74 valence electrons. The van der Waals surface area contributed by atoms with Gasteiger partial charge in [-0.05, 0) is 19.1 Å². The third-order valence-corrected chi connectivity index (χ3v) is 1.45. The Morgan fingerprint density at radius 3 is 2.21 bits per heavy atom. The number of nitrogens with one attached hydrogen (secondary N) is 2. The van der Waals surface area contributed by atoms with Gasteiger partial charge in [0.2, 0.25) is 0 Å². The number of nitrogen functional groups attached to an aromatic ring is 1. The highest BCUT2D eigenvalue weighted by Gasteiger charge is 1.94. The Kier molecular flexibility index (Phi) is 5.62. The van der Waals surface area contributed by atoms with E-state index < -0.39 is 0 Å². The zero-order chi connectivity index (χ0) is 11.0. The van der Waals surface area contributed by atoms with Gasteiger partial charge in [0, 0.05) is 23.7 Å². The lowest BCUT2D eigenvalue weighted by molar-refractivity contribution is 0.112. The second kappa shape index (κ2) is 6.54. The number of carbonyl (C=O) groups is 1. The number of hydrogen-bond donors (Lipinski definition) is 3. The Morgan fingerprint density at radius 1 is 1.29 bits per heavy atom. The van der Waals surface area contributed by atoms with Crippen molar-refractivity contribution in [3.05, 3.63) is 29.3 Å². The Hall–Kier alpha value is -1.97. The summed E-state index contributed by atoms with van der Waals surface area (Å²) in [5, 5.41) is 12.2. The van der Waals surface area contributed by atoms with Crippen LogP contribution in [0, 0.1) is 17.7 Å². The predicted octanol–water partition coefficient (Wildman–Crippen LogP) is 1.68. The molecule has 0 aromatic heterocycles. The number of carbonyl (C=O) groups excluding carboxylic acids is 1. The van der Waals surface area contributed by atoms with Gasteiger partial charge in [0.25, 0.3) is 0 Å². The highest BCUT2D eigenvalue weighted by atomic mass is 16.1. The first kappa shape index (κ1) is 12.0. The average Bonchev–Trinajstić information content (AvgIpc) is 2.22. The van der Waals surface area contributed by atoms with E-state index in [4.69, 9.17) is 16.6 Å². The molecule has 0 saturated heterocycles. The number of benzene rings is 1. The van der Waals surface area contributed by atoms with Crippen molar-refractivity contribution < 1.29 is 4.79 Å². The van der Waals surface area contributed by atoms with Crippen LogP contribution in [0.15, 0.2) is 18.2 Å². The van der Waals surface area contributed by atoms with Gasteiger partial charge in [-0.15, -0.1) is 0 Å². The van der Waals surface area contributed by atoms with Crippen molar-refractivity contribution in [1.29, 1.82) is 10.8 Å². The van der Waals surface area contributed by atoms with E-state index in [1.54, 1.807) is 12.1 Å². The minimum Gasteiger partial charge on any atom is -0.398 e. The molecule has 0 aliphatic carbocycles. The van der Waals surface area contributed by atoms with E-state index in [0.29, 0.717) is 11.3 Å². The summed E-state index contributed by atoms with van der Waals surface area (Å²) in [6, 6.07) is 5.38. The summed E-state index contributed by atoms with van der Waals surface area (Å²) in [5.41, 5.74) is 7.63. The Balaban J connectivity index is 0.000000364. The van der Waals surface area contributed by atoms with E-state index in [0.717, 1.165) is 24.3 Å². The van der Waals surface area contributed by atoms with Crippen LogP contribution in [0.2, 0.25) is 0 Å². The van der Waals surface area contributed by atoms with Crippen LogP contribution in [-0.4, -0.2) is 18.7 Å². The molecule has 0 aliphatic rings. The molecule has 0 amide bonds. The van der Waals surface area contributed by atoms with Crippen molar-refractivity contribution >= 4 is 24.4 Å². The lowest BCUT2D eigenvalue weighted by Gasteiger charge is -1.97. The second-order valence-corrected chi connectivity index (χ2v) is 2.58. The SMILES string of the molecule is Cc1ccc(N)c(C=O)c1.N=CC=N. The third kappa shape index (κ3) is 4.15. The molecule has 0 saturated carbocycles. The molecule has 0 aliphatic heterocycles. The van der Waals surface area contributed by atoms with Crippen LogP contribution in [-0.2, 0) is 0 Å². The molecular weight excluding hydrogens is 178 g/mol. The molecular formula is C10H13N3O. The zero-order valence-corrected chi connectivity index (χ0v) is 7.95. The summed E-state index contributed by atoms with van der Waals surface area (Å²) in [5.74, 6) is 0. The molecule has 1 rings (SSSR count). The maximum Gasteiger partial charge on any atom is 0.152 e. The fraction of sp³-hybridized carbons (Fsp3) is 0.100. The monoisotopic (exact) mass is 191 g/mol. The van der Waals surface area contributed by atoms with Gasteiger partial charge in [0.1, 0.15) is 0 Å². The molecule has 0 unspecified atom stereocenters. The molecule has 0 atom stereocenters. The van der Waals surface area contributed by atoms with Crippen molar-refractivity contribution in [2.75, 3.05) is 5.73 Å². The molecule has 0 heterocycles. The normalized spacial score (nSPS) is 8.07. The van der Waals surface area contributed by atoms with Gasteiger partial charge in [-0.25, -0.2) is 0 Å². The van der Waals surface area contributed by atoms with E-state index in [1.807, 2.05) is 13.0 Å². The van der Waals surface area contributed by atoms with Crippen LogP contribution in [0.3, 0.4) is 0 Å². The predicted molar refractivity (Wildman–Crippen MR) is 58.5 cm³/mol. The zero-order valence-electron chi connectivity index (χ0n) is 7.95. The molecule has 0 spiro atoms. The fourth-order valence-corrected chi connectivity index (χ4v) is 0.796. The molecule has 0 fully saturated rings. The van der Waals surface area contributed by atoms with Crippen molar-refractivity contribution in [2.45, 2.75) is 6.92 Å². The number of nitrogens with two attached hydrogens (primary N) is 1. The van der Waals surface area contributed by atoms with Gasteiger partial charge < -0.3 is 16.6 Å². The topological polar surface area (TPSA) is 90.8 Å². The Bertz CT molecular complexity index is 328. The standard InChI is InChI=1S/C8H9NO.C2H4N2/c1-6-2-3-8(9)7(4-6)5-10;3-1-2-4/h2-5H,9H2,1H3;1-4H. The molecule has 4 nitrogen and oxygen atoms in total. The van der Waals surface area contributed by atoms with Gasteiger partial charge in [0.05, 0.1) is 0 Å². The van der Waals surface area contributed by atoms with Crippen molar-refractivity contribution in [1.82, 2.24) is 0 Å². The van der Waals surface area contributed by atoms with Crippen molar-refractivity contribution in [2.24, 2.45) is 0 Å². The molecule has 1 aromatic rings. The number of aryl methyl sites for hydroxylation is 1. The summed E-state index contributed by atoms with van der Waals surface area (Å²) < 4.78 is 0. The lowest BCUT2D eigenvalue weighted by Crippen LogP contribution is -1.92. The van der Waals surface area contributed by atoms with Gasteiger partial charge in [0.15, 0.2) is 6.29 Å². The fourth-order valence-electron chi connectivity index (χ4n) is 0.796. The van der Waals surface area contributed by atoms with Gasteiger partial charge in [-0.3, -0.25) is 4.79 Å². The maximum absolute atomic E-state index is 10.3. The molecule has 0 bridgehead atoms.